The minimum absolute atomic E-state index is 0.746. The zero-order valence-corrected chi connectivity index (χ0v) is 10.2. The molecule has 0 N–H and O–H groups in total. The number of fused-ring (bicyclic) bond motifs is 1. The third kappa shape index (κ3) is 1.60. The van der Waals surface area contributed by atoms with E-state index in [2.05, 4.69) is 32.6 Å². The lowest BCUT2D eigenvalue weighted by molar-refractivity contribution is 0.116. The topological polar surface area (TPSA) is 3.24 Å². The molecule has 0 radical (unpaired) electrons. The molecule has 0 aromatic rings. The van der Waals surface area contributed by atoms with Gasteiger partial charge in [-0.05, 0) is 44.9 Å². The first-order valence-electron chi connectivity index (χ1n) is 6.38. The van der Waals surface area contributed by atoms with Crippen molar-refractivity contribution in [3.05, 3.63) is 0 Å². The molecule has 2 fully saturated rings. The number of nitrogens with zero attached hydrogens (tertiary/aromatic N) is 1. The Morgan fingerprint density at radius 3 is 2.36 bits per heavy atom. The van der Waals surface area contributed by atoms with E-state index in [9.17, 15) is 0 Å². The summed E-state index contributed by atoms with van der Waals surface area (Å²) in [5.41, 5.74) is 0. The van der Waals surface area contributed by atoms with Crippen LogP contribution in [0.5, 0.6) is 0 Å². The highest BCUT2D eigenvalue weighted by Gasteiger charge is 2.45. The normalized spacial score (nSPS) is 38.6. The molecular weight excluding hydrogens is 170 g/mol. The zero-order valence-electron chi connectivity index (χ0n) is 10.2. The molecule has 1 saturated heterocycles. The lowest BCUT2D eigenvalue weighted by Gasteiger charge is -2.35. The van der Waals surface area contributed by atoms with E-state index in [0.717, 1.165) is 30.0 Å². The highest BCUT2D eigenvalue weighted by molar-refractivity contribution is 4.99. The summed E-state index contributed by atoms with van der Waals surface area (Å²) >= 11 is 0. The average molecular weight is 195 g/mol. The Hall–Kier alpha value is -0.0400. The number of hydrogen-bond donors (Lipinski definition) is 0. The van der Waals surface area contributed by atoms with Crippen molar-refractivity contribution in [2.75, 3.05) is 0 Å². The molecule has 2 unspecified atom stereocenters. The highest BCUT2D eigenvalue weighted by Crippen LogP contribution is 2.44. The van der Waals surface area contributed by atoms with Crippen molar-refractivity contribution in [3.8, 4) is 0 Å². The van der Waals surface area contributed by atoms with Crippen LogP contribution in [0.15, 0.2) is 0 Å². The second-order valence-corrected chi connectivity index (χ2v) is 5.85. The molecular formula is C13H25N. The monoisotopic (exact) mass is 195 g/mol. The summed E-state index contributed by atoms with van der Waals surface area (Å²) in [6.45, 7) is 9.52. The molecule has 1 nitrogen and oxygen atoms in total. The Bertz CT molecular complexity index is 197. The number of rotatable bonds is 2. The van der Waals surface area contributed by atoms with E-state index in [4.69, 9.17) is 0 Å². The van der Waals surface area contributed by atoms with Crippen LogP contribution in [0.1, 0.15) is 53.4 Å². The minimum atomic E-state index is 0.746. The SMILES string of the molecule is CC(C)[C@@H]1CC2CCCC2N1C(C)C. The van der Waals surface area contributed by atoms with Gasteiger partial charge in [-0.25, -0.2) is 0 Å². The predicted molar refractivity (Wildman–Crippen MR) is 61.3 cm³/mol. The fourth-order valence-electron chi connectivity index (χ4n) is 3.74. The Kier molecular flexibility index (Phi) is 2.88. The first-order valence-corrected chi connectivity index (χ1v) is 6.38. The molecule has 3 atom stereocenters. The standard InChI is InChI=1S/C13H25N/c1-9(2)13-8-11-6-5-7-12(11)14(13)10(3)4/h9-13H,5-8H2,1-4H3/t11?,12?,13-/m0/s1. The predicted octanol–water partition coefficient (Wildman–Crippen LogP) is 3.29. The lowest BCUT2D eigenvalue weighted by Crippen LogP contribution is -2.43. The van der Waals surface area contributed by atoms with Crippen molar-refractivity contribution >= 4 is 0 Å². The fourth-order valence-corrected chi connectivity index (χ4v) is 3.74. The molecule has 2 rings (SSSR count). The molecule has 82 valence electrons. The van der Waals surface area contributed by atoms with Gasteiger partial charge in [-0.15, -0.1) is 0 Å². The third-order valence-electron chi connectivity index (χ3n) is 4.29. The molecule has 2 aliphatic rings. The van der Waals surface area contributed by atoms with Crippen LogP contribution in [0, 0.1) is 11.8 Å². The van der Waals surface area contributed by atoms with Gasteiger partial charge in [-0.3, -0.25) is 4.90 Å². The van der Waals surface area contributed by atoms with Gasteiger partial charge in [0.1, 0.15) is 0 Å². The summed E-state index contributed by atoms with van der Waals surface area (Å²) in [5.74, 6) is 1.87. The maximum absolute atomic E-state index is 2.82. The molecule has 0 spiro atoms. The second kappa shape index (κ2) is 3.84. The van der Waals surface area contributed by atoms with Gasteiger partial charge in [0, 0.05) is 18.1 Å². The van der Waals surface area contributed by atoms with Crippen molar-refractivity contribution in [1.29, 1.82) is 0 Å². The van der Waals surface area contributed by atoms with Gasteiger partial charge in [-0.2, -0.15) is 0 Å². The first kappa shape index (κ1) is 10.5. The van der Waals surface area contributed by atoms with Crippen molar-refractivity contribution in [2.45, 2.75) is 71.5 Å². The smallest absolute Gasteiger partial charge is 0.0130 e. The van der Waals surface area contributed by atoms with Crippen LogP contribution in [-0.4, -0.2) is 23.0 Å². The molecule has 1 aliphatic heterocycles. The molecule has 1 heterocycles. The molecule has 1 aliphatic carbocycles. The van der Waals surface area contributed by atoms with Gasteiger partial charge < -0.3 is 0 Å². The van der Waals surface area contributed by atoms with E-state index in [1.165, 1.54) is 25.7 Å². The second-order valence-electron chi connectivity index (χ2n) is 5.85. The Morgan fingerprint density at radius 1 is 1.07 bits per heavy atom. The van der Waals surface area contributed by atoms with E-state index in [-0.39, 0.29) is 0 Å². The zero-order chi connectivity index (χ0) is 10.3. The van der Waals surface area contributed by atoms with Crippen molar-refractivity contribution in [3.63, 3.8) is 0 Å². The summed E-state index contributed by atoms with van der Waals surface area (Å²) in [6, 6.07) is 2.54. The van der Waals surface area contributed by atoms with E-state index in [0.29, 0.717) is 0 Å². The summed E-state index contributed by atoms with van der Waals surface area (Å²) in [6.07, 6.45) is 5.91. The van der Waals surface area contributed by atoms with Crippen LogP contribution in [0.3, 0.4) is 0 Å². The van der Waals surface area contributed by atoms with Gasteiger partial charge in [0.25, 0.3) is 0 Å². The van der Waals surface area contributed by atoms with Gasteiger partial charge in [0.15, 0.2) is 0 Å². The van der Waals surface area contributed by atoms with Gasteiger partial charge in [-0.1, -0.05) is 20.3 Å². The first-order chi connectivity index (χ1) is 6.61. The Morgan fingerprint density at radius 2 is 1.79 bits per heavy atom. The summed E-state index contributed by atoms with van der Waals surface area (Å²) in [4.78, 5) is 2.82. The lowest BCUT2D eigenvalue weighted by atomic mass is 9.96. The summed E-state index contributed by atoms with van der Waals surface area (Å²) in [7, 11) is 0. The van der Waals surface area contributed by atoms with E-state index in [1.54, 1.807) is 0 Å². The molecule has 0 amide bonds. The molecule has 0 bridgehead atoms. The van der Waals surface area contributed by atoms with Crippen molar-refractivity contribution in [1.82, 2.24) is 4.90 Å². The van der Waals surface area contributed by atoms with Crippen LogP contribution < -0.4 is 0 Å². The van der Waals surface area contributed by atoms with E-state index >= 15 is 0 Å². The maximum atomic E-state index is 2.82. The average Bonchev–Trinajstić information content (AvgIpc) is 2.58. The van der Waals surface area contributed by atoms with E-state index < -0.39 is 0 Å². The van der Waals surface area contributed by atoms with Crippen LogP contribution in [0.25, 0.3) is 0 Å². The van der Waals surface area contributed by atoms with Crippen LogP contribution in [-0.2, 0) is 0 Å². The maximum Gasteiger partial charge on any atom is 0.0130 e. The Balaban J connectivity index is 2.13. The van der Waals surface area contributed by atoms with Gasteiger partial charge in [0.05, 0.1) is 0 Å². The van der Waals surface area contributed by atoms with Crippen LogP contribution in [0.4, 0.5) is 0 Å². The number of likely N-dealkylation sites (tertiary alicyclic amines) is 1. The largest absolute Gasteiger partial charge is 0.295 e. The third-order valence-corrected chi connectivity index (χ3v) is 4.29. The molecule has 1 saturated carbocycles. The molecule has 1 heteroatoms. The molecule has 0 aromatic carbocycles. The van der Waals surface area contributed by atoms with Crippen LogP contribution in [0.2, 0.25) is 0 Å². The van der Waals surface area contributed by atoms with Gasteiger partial charge in [0.2, 0.25) is 0 Å². The Labute approximate surface area is 88.9 Å². The molecule has 14 heavy (non-hydrogen) atoms. The van der Waals surface area contributed by atoms with Crippen molar-refractivity contribution in [2.24, 2.45) is 11.8 Å². The quantitative estimate of drug-likeness (QED) is 0.653. The highest BCUT2D eigenvalue weighted by atomic mass is 15.2. The van der Waals surface area contributed by atoms with Gasteiger partial charge >= 0.3 is 0 Å². The molecule has 0 aromatic heterocycles. The van der Waals surface area contributed by atoms with Crippen LogP contribution >= 0.6 is 0 Å². The minimum Gasteiger partial charge on any atom is -0.295 e. The fraction of sp³-hybridized carbons (Fsp3) is 1.00. The number of hydrogen-bond acceptors (Lipinski definition) is 1. The van der Waals surface area contributed by atoms with Crippen molar-refractivity contribution < 1.29 is 0 Å². The summed E-state index contributed by atoms with van der Waals surface area (Å²) in [5, 5.41) is 0. The summed E-state index contributed by atoms with van der Waals surface area (Å²) < 4.78 is 0. The van der Waals surface area contributed by atoms with E-state index in [1.807, 2.05) is 0 Å².